The van der Waals surface area contributed by atoms with Crippen molar-refractivity contribution in [2.45, 2.75) is 46.1 Å². The normalized spacial score (nSPS) is 34.4. The predicted molar refractivity (Wildman–Crippen MR) is 79.1 cm³/mol. The smallest absolute Gasteiger partial charge is 0.311 e. The molecule has 2 aliphatic carbocycles. The highest BCUT2D eigenvalue weighted by Gasteiger charge is 2.64. The molecule has 1 saturated heterocycles. The average Bonchev–Trinajstić information content (AvgIpc) is 3.12. The lowest BCUT2D eigenvalue weighted by Gasteiger charge is -2.23. The molecule has 5 atom stereocenters. The maximum absolute atomic E-state index is 12.3. The fraction of sp³-hybridized carbons (Fsp3) is 0.824. The number of hydrogen-bond donors (Lipinski definition) is 0. The van der Waals surface area contributed by atoms with Crippen LogP contribution >= 0.6 is 0 Å². The average molecular weight is 324 g/mol. The summed E-state index contributed by atoms with van der Waals surface area (Å²) >= 11 is 0. The van der Waals surface area contributed by atoms with Gasteiger partial charge in [-0.25, -0.2) is 0 Å². The third-order valence-corrected chi connectivity index (χ3v) is 5.75. The van der Waals surface area contributed by atoms with E-state index in [1.807, 2.05) is 20.8 Å². The van der Waals surface area contributed by atoms with Crippen LogP contribution in [-0.4, -0.2) is 37.2 Å². The lowest BCUT2D eigenvalue weighted by molar-refractivity contribution is -0.162. The van der Waals surface area contributed by atoms with Gasteiger partial charge in [0, 0.05) is 5.92 Å². The van der Waals surface area contributed by atoms with Gasteiger partial charge in [0.25, 0.3) is 0 Å². The van der Waals surface area contributed by atoms with Crippen molar-refractivity contribution < 1.29 is 28.6 Å². The highest BCUT2D eigenvalue weighted by molar-refractivity contribution is 5.85. The number of fused-ring (bicyclic) bond motifs is 1. The number of carbonyl (C=O) groups is 3. The molecule has 1 aliphatic heterocycles. The zero-order valence-corrected chi connectivity index (χ0v) is 13.9. The molecule has 128 valence electrons. The van der Waals surface area contributed by atoms with E-state index in [4.69, 9.17) is 14.2 Å². The lowest BCUT2D eigenvalue weighted by atomic mass is 9.80. The van der Waals surface area contributed by atoms with Crippen LogP contribution in [0.15, 0.2) is 0 Å². The number of esters is 3. The fourth-order valence-electron chi connectivity index (χ4n) is 4.04. The van der Waals surface area contributed by atoms with Crippen LogP contribution in [0.5, 0.6) is 0 Å². The molecule has 5 unspecified atom stereocenters. The molecule has 2 bridgehead atoms. The number of hydrogen-bond acceptors (Lipinski definition) is 6. The summed E-state index contributed by atoms with van der Waals surface area (Å²) in [7, 11) is 0. The van der Waals surface area contributed by atoms with Gasteiger partial charge in [-0.05, 0) is 39.0 Å². The summed E-state index contributed by atoms with van der Waals surface area (Å²) in [5.41, 5.74) is -0.531. The second-order valence-corrected chi connectivity index (χ2v) is 7.46. The van der Waals surface area contributed by atoms with Crippen molar-refractivity contribution in [1.29, 1.82) is 0 Å². The molecule has 1 heterocycles. The quantitative estimate of drug-likeness (QED) is 0.420. The van der Waals surface area contributed by atoms with Crippen LogP contribution in [-0.2, 0) is 28.6 Å². The Morgan fingerprint density at radius 1 is 1.22 bits per heavy atom. The summed E-state index contributed by atoms with van der Waals surface area (Å²) in [4.78, 5) is 36.0. The molecule has 0 amide bonds. The monoisotopic (exact) mass is 324 g/mol. The van der Waals surface area contributed by atoms with Crippen LogP contribution in [0.2, 0.25) is 0 Å². The maximum Gasteiger partial charge on any atom is 0.311 e. The minimum Gasteiger partial charge on any atom is -0.462 e. The summed E-state index contributed by atoms with van der Waals surface area (Å²) in [5.74, 6) is -1.23. The van der Waals surface area contributed by atoms with Crippen LogP contribution in [0.4, 0.5) is 0 Å². The molecule has 3 aliphatic rings. The predicted octanol–water partition coefficient (Wildman–Crippen LogP) is 1.71. The van der Waals surface area contributed by atoms with Gasteiger partial charge in [-0.2, -0.15) is 0 Å². The maximum atomic E-state index is 12.3. The standard InChI is InChI=1S/C17H24O6/c1-4-17(2,3)16(20)22-6-5-21-14(18)12-9-7-10-11(8-9)23-15(19)13(10)12/h9-13H,4-8H2,1-3H3. The van der Waals surface area contributed by atoms with E-state index < -0.39 is 5.41 Å². The summed E-state index contributed by atoms with van der Waals surface area (Å²) < 4.78 is 15.7. The van der Waals surface area contributed by atoms with E-state index in [1.54, 1.807) is 0 Å². The first-order valence-corrected chi connectivity index (χ1v) is 8.39. The number of ether oxygens (including phenoxy) is 3. The van der Waals surface area contributed by atoms with E-state index in [1.165, 1.54) is 0 Å². The van der Waals surface area contributed by atoms with Gasteiger partial charge in [-0.3, -0.25) is 14.4 Å². The van der Waals surface area contributed by atoms with E-state index in [0.717, 1.165) is 12.8 Å². The minimum atomic E-state index is -0.531. The van der Waals surface area contributed by atoms with Crippen molar-refractivity contribution in [1.82, 2.24) is 0 Å². The first-order chi connectivity index (χ1) is 10.8. The van der Waals surface area contributed by atoms with Gasteiger partial charge in [-0.15, -0.1) is 0 Å². The second-order valence-electron chi connectivity index (χ2n) is 7.46. The van der Waals surface area contributed by atoms with E-state index in [9.17, 15) is 14.4 Å². The molecular formula is C17H24O6. The van der Waals surface area contributed by atoms with Gasteiger partial charge in [0.05, 0.1) is 17.3 Å². The molecule has 0 aromatic rings. The van der Waals surface area contributed by atoms with Crippen molar-refractivity contribution in [2.24, 2.45) is 29.1 Å². The fourth-order valence-corrected chi connectivity index (χ4v) is 4.04. The Labute approximate surface area is 135 Å². The van der Waals surface area contributed by atoms with Gasteiger partial charge in [0.1, 0.15) is 19.3 Å². The van der Waals surface area contributed by atoms with E-state index in [0.29, 0.717) is 6.42 Å². The minimum absolute atomic E-state index is 0.0128. The highest BCUT2D eigenvalue weighted by atomic mass is 16.6. The van der Waals surface area contributed by atoms with Gasteiger partial charge in [0.2, 0.25) is 0 Å². The van der Waals surface area contributed by atoms with Crippen LogP contribution in [0.1, 0.15) is 40.0 Å². The summed E-state index contributed by atoms with van der Waals surface area (Å²) in [6, 6.07) is 0. The first-order valence-electron chi connectivity index (χ1n) is 8.39. The summed E-state index contributed by atoms with van der Waals surface area (Å²) in [6.07, 6.45) is 2.34. The largest absolute Gasteiger partial charge is 0.462 e. The van der Waals surface area contributed by atoms with E-state index in [-0.39, 0.29) is 60.9 Å². The van der Waals surface area contributed by atoms with Gasteiger partial charge < -0.3 is 14.2 Å². The highest BCUT2D eigenvalue weighted by Crippen LogP contribution is 2.57. The van der Waals surface area contributed by atoms with Gasteiger partial charge in [0.15, 0.2) is 0 Å². The molecular weight excluding hydrogens is 300 g/mol. The number of carbonyl (C=O) groups excluding carboxylic acids is 3. The zero-order chi connectivity index (χ0) is 16.8. The summed E-state index contributed by atoms with van der Waals surface area (Å²) in [6.45, 7) is 5.64. The van der Waals surface area contributed by atoms with Crippen LogP contribution in [0, 0.1) is 29.1 Å². The molecule has 0 aromatic carbocycles. The molecule has 0 spiro atoms. The van der Waals surface area contributed by atoms with Crippen molar-refractivity contribution in [3.63, 3.8) is 0 Å². The van der Waals surface area contributed by atoms with E-state index >= 15 is 0 Å². The molecule has 0 aromatic heterocycles. The third kappa shape index (κ3) is 2.72. The molecule has 0 N–H and O–H groups in total. The van der Waals surface area contributed by atoms with Crippen molar-refractivity contribution in [3.05, 3.63) is 0 Å². The SMILES string of the molecule is CCC(C)(C)C(=O)OCCOC(=O)C1C2CC3OC(=O)C1C3C2. The second kappa shape index (κ2) is 5.80. The van der Waals surface area contributed by atoms with E-state index in [2.05, 4.69) is 0 Å². The Morgan fingerprint density at radius 2 is 1.91 bits per heavy atom. The van der Waals surface area contributed by atoms with Crippen LogP contribution < -0.4 is 0 Å². The number of rotatable bonds is 6. The molecule has 2 saturated carbocycles. The molecule has 3 fully saturated rings. The zero-order valence-electron chi connectivity index (χ0n) is 13.9. The van der Waals surface area contributed by atoms with Crippen molar-refractivity contribution in [3.8, 4) is 0 Å². The Kier molecular flexibility index (Phi) is 4.10. The van der Waals surface area contributed by atoms with Crippen LogP contribution in [0.25, 0.3) is 0 Å². The molecule has 0 radical (unpaired) electrons. The van der Waals surface area contributed by atoms with Crippen molar-refractivity contribution >= 4 is 17.9 Å². The van der Waals surface area contributed by atoms with Gasteiger partial charge >= 0.3 is 17.9 Å². The molecule has 23 heavy (non-hydrogen) atoms. The third-order valence-electron chi connectivity index (χ3n) is 5.75. The Morgan fingerprint density at radius 3 is 2.61 bits per heavy atom. The van der Waals surface area contributed by atoms with Crippen LogP contribution in [0.3, 0.4) is 0 Å². The summed E-state index contributed by atoms with van der Waals surface area (Å²) in [5, 5.41) is 0. The molecule has 6 heteroatoms. The Hall–Kier alpha value is -1.59. The first kappa shape index (κ1) is 16.3. The Bertz CT molecular complexity index is 523. The van der Waals surface area contributed by atoms with Crippen molar-refractivity contribution in [2.75, 3.05) is 13.2 Å². The molecule has 3 rings (SSSR count). The lowest BCUT2D eigenvalue weighted by Crippen LogP contribution is -2.34. The topological polar surface area (TPSA) is 78.9 Å². The van der Waals surface area contributed by atoms with Gasteiger partial charge in [-0.1, -0.05) is 6.92 Å². The molecule has 6 nitrogen and oxygen atoms in total. The Balaban J connectivity index is 1.46.